The summed E-state index contributed by atoms with van der Waals surface area (Å²) in [5.41, 5.74) is 1.33. The van der Waals surface area contributed by atoms with E-state index >= 15 is 0 Å². The number of carbonyl (C=O) groups is 2. The van der Waals surface area contributed by atoms with Crippen LogP contribution in [-0.2, 0) is 0 Å². The highest BCUT2D eigenvalue weighted by atomic mass is 35.5. The van der Waals surface area contributed by atoms with E-state index in [-0.39, 0.29) is 24.6 Å². The number of hydrogen-bond acceptors (Lipinski definition) is 4. The molecule has 2 aromatic heterocycles. The van der Waals surface area contributed by atoms with Crippen LogP contribution >= 0.6 is 11.6 Å². The van der Waals surface area contributed by atoms with Crippen LogP contribution in [0.25, 0.3) is 5.65 Å². The van der Waals surface area contributed by atoms with Gasteiger partial charge in [0, 0.05) is 36.1 Å². The van der Waals surface area contributed by atoms with Crippen molar-refractivity contribution in [3.63, 3.8) is 0 Å². The Bertz CT molecular complexity index is 1060. The number of pyridine rings is 1. The lowest BCUT2D eigenvalue weighted by Crippen LogP contribution is -2.37. The standard InChI is InChI=1S/C19H17ClN4O3/c1-12-2-7-16-23-10-15(19(27)24(16)11-12)18(26)22-9-8-21-17(25)13-3-5-14(20)6-4-13/h2-7,10-11H,8-9H2,1H3,(H,21,25)(H,22,26). The van der Waals surface area contributed by atoms with Crippen molar-refractivity contribution in [1.82, 2.24) is 20.0 Å². The van der Waals surface area contributed by atoms with Crippen molar-refractivity contribution < 1.29 is 9.59 Å². The second-order valence-electron chi connectivity index (χ2n) is 5.93. The third-order valence-corrected chi connectivity index (χ3v) is 4.15. The van der Waals surface area contributed by atoms with Crippen LogP contribution in [0.2, 0.25) is 5.02 Å². The normalized spacial score (nSPS) is 10.6. The predicted octanol–water partition coefficient (Wildman–Crippen LogP) is 1.82. The van der Waals surface area contributed by atoms with Crippen molar-refractivity contribution in [2.24, 2.45) is 0 Å². The van der Waals surface area contributed by atoms with Crippen molar-refractivity contribution in [2.75, 3.05) is 13.1 Å². The number of aromatic nitrogens is 2. The Kier molecular flexibility index (Phi) is 5.52. The number of amides is 2. The molecule has 3 rings (SSSR count). The Morgan fingerprint density at radius 2 is 1.70 bits per heavy atom. The first-order valence-electron chi connectivity index (χ1n) is 8.26. The molecule has 0 aliphatic heterocycles. The van der Waals surface area contributed by atoms with Gasteiger partial charge in [0.2, 0.25) is 0 Å². The highest BCUT2D eigenvalue weighted by Crippen LogP contribution is 2.09. The fourth-order valence-electron chi connectivity index (χ4n) is 2.49. The molecule has 0 aliphatic carbocycles. The maximum atomic E-state index is 12.5. The molecule has 0 radical (unpaired) electrons. The highest BCUT2D eigenvalue weighted by Gasteiger charge is 2.13. The zero-order chi connectivity index (χ0) is 19.4. The molecule has 8 heteroatoms. The summed E-state index contributed by atoms with van der Waals surface area (Å²) in [4.78, 5) is 40.8. The maximum absolute atomic E-state index is 12.5. The quantitative estimate of drug-likeness (QED) is 0.656. The lowest BCUT2D eigenvalue weighted by Gasteiger charge is -2.08. The summed E-state index contributed by atoms with van der Waals surface area (Å²) in [5.74, 6) is -0.812. The van der Waals surface area contributed by atoms with Crippen molar-refractivity contribution in [3.8, 4) is 0 Å². The summed E-state index contributed by atoms with van der Waals surface area (Å²) >= 11 is 5.78. The fourth-order valence-corrected chi connectivity index (χ4v) is 2.62. The fraction of sp³-hybridized carbons (Fsp3) is 0.158. The van der Waals surface area contributed by atoms with Crippen LogP contribution in [0, 0.1) is 6.92 Å². The van der Waals surface area contributed by atoms with E-state index in [1.54, 1.807) is 36.5 Å². The summed E-state index contributed by atoms with van der Waals surface area (Å²) in [6.07, 6.45) is 2.89. The van der Waals surface area contributed by atoms with Crippen LogP contribution in [-0.4, -0.2) is 34.3 Å². The van der Waals surface area contributed by atoms with Crippen LogP contribution in [0.15, 0.2) is 53.6 Å². The first-order chi connectivity index (χ1) is 13.0. The minimum Gasteiger partial charge on any atom is -0.350 e. The van der Waals surface area contributed by atoms with Crippen molar-refractivity contribution in [3.05, 3.63) is 80.9 Å². The van der Waals surface area contributed by atoms with Gasteiger partial charge in [-0.1, -0.05) is 17.7 Å². The molecule has 3 aromatic rings. The molecule has 0 fully saturated rings. The minimum atomic E-state index is -0.538. The molecular weight excluding hydrogens is 368 g/mol. The minimum absolute atomic E-state index is 0.0536. The maximum Gasteiger partial charge on any atom is 0.270 e. The van der Waals surface area contributed by atoms with E-state index in [1.165, 1.54) is 10.6 Å². The number of carbonyl (C=O) groups excluding carboxylic acids is 2. The van der Waals surface area contributed by atoms with Crippen LogP contribution in [0.4, 0.5) is 0 Å². The largest absolute Gasteiger partial charge is 0.350 e. The van der Waals surface area contributed by atoms with E-state index in [0.29, 0.717) is 16.2 Å². The smallest absolute Gasteiger partial charge is 0.270 e. The van der Waals surface area contributed by atoms with E-state index in [2.05, 4.69) is 15.6 Å². The molecular formula is C19H17ClN4O3. The molecule has 7 nitrogen and oxygen atoms in total. The van der Waals surface area contributed by atoms with E-state index in [4.69, 9.17) is 11.6 Å². The lowest BCUT2D eigenvalue weighted by atomic mass is 10.2. The van der Waals surface area contributed by atoms with Gasteiger partial charge in [-0.05, 0) is 42.8 Å². The third-order valence-electron chi connectivity index (χ3n) is 3.90. The lowest BCUT2D eigenvalue weighted by molar-refractivity contribution is 0.0926. The predicted molar refractivity (Wildman–Crippen MR) is 102 cm³/mol. The van der Waals surface area contributed by atoms with Gasteiger partial charge in [0.1, 0.15) is 11.2 Å². The summed E-state index contributed by atoms with van der Waals surface area (Å²) in [7, 11) is 0. The van der Waals surface area contributed by atoms with Gasteiger partial charge in [-0.25, -0.2) is 4.98 Å². The molecule has 138 valence electrons. The summed E-state index contributed by atoms with van der Waals surface area (Å²) < 4.78 is 1.34. The third kappa shape index (κ3) is 4.32. The molecule has 2 N–H and O–H groups in total. The number of rotatable bonds is 5. The van der Waals surface area contributed by atoms with Gasteiger partial charge >= 0.3 is 0 Å². The number of nitrogens with zero attached hydrogens (tertiary/aromatic N) is 2. The van der Waals surface area contributed by atoms with Gasteiger partial charge in [-0.3, -0.25) is 18.8 Å². The molecule has 2 heterocycles. The van der Waals surface area contributed by atoms with Crippen molar-refractivity contribution in [2.45, 2.75) is 6.92 Å². The number of benzene rings is 1. The van der Waals surface area contributed by atoms with E-state index in [1.807, 2.05) is 13.0 Å². The Hall–Kier alpha value is -3.19. The van der Waals surface area contributed by atoms with Gasteiger partial charge in [0.15, 0.2) is 0 Å². The number of aryl methyl sites for hydroxylation is 1. The summed E-state index contributed by atoms with van der Waals surface area (Å²) in [6.45, 7) is 2.24. The molecule has 0 aliphatic rings. The molecule has 0 saturated carbocycles. The summed E-state index contributed by atoms with van der Waals surface area (Å²) in [5, 5.41) is 5.83. The van der Waals surface area contributed by atoms with Gasteiger partial charge in [0.25, 0.3) is 17.4 Å². The Morgan fingerprint density at radius 3 is 2.41 bits per heavy atom. The second-order valence-corrected chi connectivity index (χ2v) is 6.37. The number of halogens is 1. The van der Waals surface area contributed by atoms with Gasteiger partial charge in [0.05, 0.1) is 0 Å². The first-order valence-corrected chi connectivity index (χ1v) is 8.63. The number of nitrogens with one attached hydrogen (secondary N) is 2. The molecule has 0 bridgehead atoms. The number of fused-ring (bicyclic) bond motifs is 1. The zero-order valence-electron chi connectivity index (χ0n) is 14.5. The molecule has 0 atom stereocenters. The summed E-state index contributed by atoms with van der Waals surface area (Å²) in [6, 6.07) is 10.0. The topological polar surface area (TPSA) is 92.6 Å². The molecule has 0 saturated heterocycles. The Labute approximate surface area is 160 Å². The van der Waals surface area contributed by atoms with Crippen LogP contribution < -0.4 is 16.2 Å². The molecule has 0 unspecified atom stereocenters. The monoisotopic (exact) mass is 384 g/mol. The average Bonchev–Trinajstić information content (AvgIpc) is 2.66. The average molecular weight is 385 g/mol. The van der Waals surface area contributed by atoms with Crippen molar-refractivity contribution >= 4 is 29.1 Å². The van der Waals surface area contributed by atoms with Gasteiger partial charge < -0.3 is 10.6 Å². The molecule has 27 heavy (non-hydrogen) atoms. The highest BCUT2D eigenvalue weighted by molar-refractivity contribution is 6.30. The Balaban J connectivity index is 1.59. The Morgan fingerprint density at radius 1 is 1.04 bits per heavy atom. The second kappa shape index (κ2) is 8.01. The van der Waals surface area contributed by atoms with E-state index < -0.39 is 11.5 Å². The van der Waals surface area contributed by atoms with Crippen molar-refractivity contribution in [1.29, 1.82) is 0 Å². The van der Waals surface area contributed by atoms with Gasteiger partial charge in [-0.2, -0.15) is 0 Å². The first kappa shape index (κ1) is 18.6. The molecule has 1 aromatic carbocycles. The van der Waals surface area contributed by atoms with Gasteiger partial charge in [-0.15, -0.1) is 0 Å². The SMILES string of the molecule is Cc1ccc2ncc(C(=O)NCCNC(=O)c3ccc(Cl)cc3)c(=O)n2c1. The van der Waals surface area contributed by atoms with E-state index in [9.17, 15) is 14.4 Å². The molecule has 2 amide bonds. The zero-order valence-corrected chi connectivity index (χ0v) is 15.3. The molecule has 0 spiro atoms. The van der Waals surface area contributed by atoms with Crippen LogP contribution in [0.3, 0.4) is 0 Å². The van der Waals surface area contributed by atoms with E-state index in [0.717, 1.165) is 5.56 Å². The van der Waals surface area contributed by atoms with Crippen LogP contribution in [0.5, 0.6) is 0 Å². The van der Waals surface area contributed by atoms with Crippen LogP contribution in [0.1, 0.15) is 26.3 Å². The number of hydrogen-bond donors (Lipinski definition) is 2.